The summed E-state index contributed by atoms with van der Waals surface area (Å²) in [4.78, 5) is 25.9. The second-order valence-electron chi connectivity index (χ2n) is 6.60. The van der Waals surface area contributed by atoms with Gasteiger partial charge >= 0.3 is 5.97 Å². The van der Waals surface area contributed by atoms with Crippen LogP contribution in [0, 0.1) is 11.8 Å². The fraction of sp³-hybridized carbons (Fsp3) is 0.421. The predicted octanol–water partition coefficient (Wildman–Crippen LogP) is 2.24. The molecule has 2 atom stereocenters. The van der Waals surface area contributed by atoms with Crippen LogP contribution in [-0.4, -0.2) is 51.9 Å². The molecule has 1 saturated heterocycles. The molecule has 0 bridgehead atoms. The normalized spacial score (nSPS) is 19.6. The number of carbonyl (C=O) groups excluding carboxylic acids is 1. The van der Waals surface area contributed by atoms with E-state index in [9.17, 15) is 14.7 Å². The Balaban J connectivity index is 1.88. The van der Waals surface area contributed by atoms with Crippen LogP contribution in [0.2, 0.25) is 0 Å². The van der Waals surface area contributed by atoms with E-state index in [1.54, 1.807) is 22.9 Å². The zero-order valence-corrected chi connectivity index (χ0v) is 15.2. The van der Waals surface area contributed by atoms with Gasteiger partial charge in [0.25, 0.3) is 5.91 Å². The smallest absolute Gasteiger partial charge is 0.308 e. The van der Waals surface area contributed by atoms with E-state index in [0.717, 1.165) is 17.1 Å². The van der Waals surface area contributed by atoms with Crippen molar-refractivity contribution >= 4 is 11.9 Å². The maximum atomic E-state index is 12.9. The van der Waals surface area contributed by atoms with E-state index < -0.39 is 11.9 Å². The first kappa shape index (κ1) is 18.0. The fourth-order valence-corrected chi connectivity index (χ4v) is 3.46. The molecule has 2 heterocycles. The van der Waals surface area contributed by atoms with Crippen molar-refractivity contribution in [2.75, 3.05) is 20.2 Å². The number of likely N-dealkylation sites (tertiary alicyclic amines) is 1. The highest BCUT2D eigenvalue weighted by Crippen LogP contribution is 2.26. The van der Waals surface area contributed by atoms with Crippen molar-refractivity contribution < 1.29 is 19.4 Å². The Hall–Kier alpha value is -2.83. The molecule has 138 valence electrons. The van der Waals surface area contributed by atoms with Gasteiger partial charge in [-0.1, -0.05) is 13.8 Å². The SMILES string of the molecule is CCc1c(C(=O)N2C[C@@H](C)[C@H](C(=O)O)C2)cnn1-c1ccc(OC)cc1. The van der Waals surface area contributed by atoms with E-state index in [4.69, 9.17) is 4.74 Å². The van der Waals surface area contributed by atoms with Crippen molar-refractivity contribution in [1.82, 2.24) is 14.7 Å². The summed E-state index contributed by atoms with van der Waals surface area (Å²) in [6, 6.07) is 7.46. The third kappa shape index (κ3) is 3.16. The van der Waals surface area contributed by atoms with Crippen molar-refractivity contribution in [2.45, 2.75) is 20.3 Å². The molecule has 0 spiro atoms. The topological polar surface area (TPSA) is 84.7 Å². The van der Waals surface area contributed by atoms with Gasteiger partial charge in [0, 0.05) is 13.1 Å². The number of hydrogen-bond acceptors (Lipinski definition) is 4. The molecule has 0 unspecified atom stereocenters. The molecule has 0 aliphatic carbocycles. The highest BCUT2D eigenvalue weighted by Gasteiger charge is 2.38. The summed E-state index contributed by atoms with van der Waals surface area (Å²) in [5, 5.41) is 13.7. The van der Waals surface area contributed by atoms with E-state index >= 15 is 0 Å². The van der Waals surface area contributed by atoms with Crippen molar-refractivity contribution in [3.05, 3.63) is 41.7 Å². The standard InChI is InChI=1S/C19H23N3O4/c1-4-17-15(18(23)21-10-12(2)16(11-21)19(24)25)9-20-22(17)13-5-7-14(26-3)8-6-13/h5-9,12,16H,4,10-11H2,1-3H3,(H,24,25)/t12-,16-/m1/s1. The molecular formula is C19H23N3O4. The Morgan fingerprint density at radius 3 is 2.50 bits per heavy atom. The lowest BCUT2D eigenvalue weighted by atomic mass is 9.99. The minimum absolute atomic E-state index is 0.0573. The van der Waals surface area contributed by atoms with Crippen LogP contribution in [0.25, 0.3) is 5.69 Å². The van der Waals surface area contributed by atoms with E-state index in [1.165, 1.54) is 0 Å². The molecule has 1 amide bonds. The van der Waals surface area contributed by atoms with Gasteiger partial charge in [0.1, 0.15) is 5.75 Å². The lowest BCUT2D eigenvalue weighted by Crippen LogP contribution is -2.30. The number of aliphatic carboxylic acids is 1. The molecule has 7 nitrogen and oxygen atoms in total. The molecule has 26 heavy (non-hydrogen) atoms. The first-order valence-corrected chi connectivity index (χ1v) is 8.69. The first-order chi connectivity index (χ1) is 12.5. The molecule has 1 aliphatic heterocycles. The molecule has 2 aromatic rings. The third-order valence-corrected chi connectivity index (χ3v) is 4.97. The van der Waals surface area contributed by atoms with Crippen molar-refractivity contribution in [2.24, 2.45) is 11.8 Å². The molecule has 1 aliphatic rings. The molecule has 0 radical (unpaired) electrons. The second-order valence-corrected chi connectivity index (χ2v) is 6.60. The summed E-state index contributed by atoms with van der Waals surface area (Å²) in [5.41, 5.74) is 2.19. The van der Waals surface area contributed by atoms with Crippen LogP contribution in [0.1, 0.15) is 29.9 Å². The van der Waals surface area contributed by atoms with Gasteiger partial charge in [-0.15, -0.1) is 0 Å². The number of nitrogens with zero attached hydrogens (tertiary/aromatic N) is 3. The fourth-order valence-electron chi connectivity index (χ4n) is 3.46. The lowest BCUT2D eigenvalue weighted by Gasteiger charge is -2.16. The highest BCUT2D eigenvalue weighted by atomic mass is 16.5. The Labute approximate surface area is 152 Å². The number of hydrogen-bond donors (Lipinski definition) is 1. The summed E-state index contributed by atoms with van der Waals surface area (Å²) >= 11 is 0. The van der Waals surface area contributed by atoms with Gasteiger partial charge in [0.2, 0.25) is 0 Å². The van der Waals surface area contributed by atoms with E-state index in [-0.39, 0.29) is 18.4 Å². The molecule has 3 rings (SSSR count). The molecular weight excluding hydrogens is 334 g/mol. The minimum atomic E-state index is -0.850. The average molecular weight is 357 g/mol. The number of methoxy groups -OCH3 is 1. The molecule has 1 fully saturated rings. The molecule has 0 saturated carbocycles. The number of amides is 1. The summed E-state index contributed by atoms with van der Waals surface area (Å²) < 4.78 is 6.92. The van der Waals surface area contributed by atoms with E-state index in [1.807, 2.05) is 38.1 Å². The van der Waals surface area contributed by atoms with Crippen LogP contribution < -0.4 is 4.74 Å². The zero-order chi connectivity index (χ0) is 18.8. The maximum absolute atomic E-state index is 12.9. The Morgan fingerprint density at radius 1 is 1.27 bits per heavy atom. The number of benzene rings is 1. The summed E-state index contributed by atoms with van der Waals surface area (Å²) in [7, 11) is 1.61. The van der Waals surface area contributed by atoms with Gasteiger partial charge in [0.05, 0.1) is 36.2 Å². The lowest BCUT2D eigenvalue weighted by molar-refractivity contribution is -0.142. The number of ether oxygens (including phenoxy) is 1. The number of carbonyl (C=O) groups is 2. The molecule has 1 N–H and O–H groups in total. The van der Waals surface area contributed by atoms with Crippen molar-refractivity contribution in [1.29, 1.82) is 0 Å². The van der Waals surface area contributed by atoms with Crippen LogP contribution in [0.4, 0.5) is 0 Å². The summed E-state index contributed by atoms with van der Waals surface area (Å²) in [6.07, 6.45) is 2.21. The minimum Gasteiger partial charge on any atom is -0.497 e. The quantitative estimate of drug-likeness (QED) is 0.887. The van der Waals surface area contributed by atoms with Gasteiger partial charge in [-0.2, -0.15) is 5.10 Å². The van der Waals surface area contributed by atoms with Crippen LogP contribution in [0.15, 0.2) is 30.5 Å². The van der Waals surface area contributed by atoms with Gasteiger partial charge in [-0.3, -0.25) is 9.59 Å². The zero-order valence-electron chi connectivity index (χ0n) is 15.2. The van der Waals surface area contributed by atoms with Crippen LogP contribution >= 0.6 is 0 Å². The van der Waals surface area contributed by atoms with Crippen LogP contribution in [-0.2, 0) is 11.2 Å². The van der Waals surface area contributed by atoms with Crippen molar-refractivity contribution in [3.8, 4) is 11.4 Å². The highest BCUT2D eigenvalue weighted by molar-refractivity contribution is 5.96. The Morgan fingerprint density at radius 2 is 1.96 bits per heavy atom. The monoisotopic (exact) mass is 357 g/mol. The second kappa shape index (κ2) is 7.19. The van der Waals surface area contributed by atoms with Crippen LogP contribution in [0.5, 0.6) is 5.75 Å². The van der Waals surface area contributed by atoms with E-state index in [2.05, 4.69) is 5.10 Å². The van der Waals surface area contributed by atoms with E-state index in [0.29, 0.717) is 18.5 Å². The molecule has 1 aromatic carbocycles. The van der Waals surface area contributed by atoms with Gasteiger partial charge in [0.15, 0.2) is 0 Å². The van der Waals surface area contributed by atoms with Crippen molar-refractivity contribution in [3.63, 3.8) is 0 Å². The number of rotatable bonds is 5. The van der Waals surface area contributed by atoms with Gasteiger partial charge in [-0.05, 0) is 36.6 Å². The first-order valence-electron chi connectivity index (χ1n) is 8.69. The van der Waals surface area contributed by atoms with Crippen LogP contribution in [0.3, 0.4) is 0 Å². The third-order valence-electron chi connectivity index (χ3n) is 4.97. The summed E-state index contributed by atoms with van der Waals surface area (Å²) in [6.45, 7) is 4.53. The predicted molar refractivity (Wildman–Crippen MR) is 95.7 cm³/mol. The summed E-state index contributed by atoms with van der Waals surface area (Å²) in [5.74, 6) is -0.825. The van der Waals surface area contributed by atoms with Gasteiger partial charge in [-0.25, -0.2) is 4.68 Å². The largest absolute Gasteiger partial charge is 0.497 e. The molecule has 1 aromatic heterocycles. The number of carboxylic acids is 1. The Bertz CT molecular complexity index is 813. The van der Waals surface area contributed by atoms with Gasteiger partial charge < -0.3 is 14.7 Å². The number of aromatic nitrogens is 2. The average Bonchev–Trinajstić information content (AvgIpc) is 3.24. The molecule has 7 heteroatoms. The number of carboxylic acid groups (broad SMARTS) is 1. The maximum Gasteiger partial charge on any atom is 0.308 e. The Kier molecular flexibility index (Phi) is 4.97.